The smallest absolute Gasteiger partial charge is 0.253 e. The molecule has 8 heteroatoms. The Bertz CT molecular complexity index is 1500. The van der Waals surface area contributed by atoms with Gasteiger partial charge in [-0.25, -0.2) is 4.39 Å². The summed E-state index contributed by atoms with van der Waals surface area (Å²) in [6.07, 6.45) is 5.65. The zero-order chi connectivity index (χ0) is 26.8. The molecular weight excluding hydrogens is 483 g/mol. The number of carbonyl (C=O) groups is 2. The fraction of sp³-hybridized carbons (Fsp3) is 0.300. The molecule has 0 spiro atoms. The van der Waals surface area contributed by atoms with Gasteiger partial charge in [0.1, 0.15) is 11.6 Å². The Labute approximate surface area is 220 Å². The summed E-state index contributed by atoms with van der Waals surface area (Å²) in [5, 5.41) is 3.98. The van der Waals surface area contributed by atoms with E-state index >= 15 is 0 Å². The van der Waals surface area contributed by atoms with E-state index in [9.17, 15) is 14.0 Å². The number of methoxy groups -OCH3 is 1. The topological polar surface area (TPSA) is 110 Å². The lowest BCUT2D eigenvalue weighted by Gasteiger charge is -2.29. The first-order chi connectivity index (χ1) is 18.4. The Hall–Kier alpha value is -4.20. The maximum atomic E-state index is 13.9. The van der Waals surface area contributed by atoms with Gasteiger partial charge in [-0.05, 0) is 92.5 Å². The number of fused-ring (bicyclic) bond motifs is 1. The van der Waals surface area contributed by atoms with E-state index in [0.29, 0.717) is 41.0 Å². The van der Waals surface area contributed by atoms with Gasteiger partial charge in [0.25, 0.3) is 5.91 Å². The fourth-order valence-electron chi connectivity index (χ4n) is 5.64. The number of pyridine rings is 1. The van der Waals surface area contributed by atoms with Crippen molar-refractivity contribution in [2.24, 2.45) is 11.7 Å². The van der Waals surface area contributed by atoms with Crippen molar-refractivity contribution in [3.8, 4) is 17.0 Å². The van der Waals surface area contributed by atoms with Crippen molar-refractivity contribution in [1.29, 1.82) is 0 Å². The van der Waals surface area contributed by atoms with E-state index in [1.807, 2.05) is 13.0 Å². The molecule has 0 unspecified atom stereocenters. The summed E-state index contributed by atoms with van der Waals surface area (Å²) in [6, 6.07) is 13.6. The summed E-state index contributed by atoms with van der Waals surface area (Å²) in [4.78, 5) is 33.0. The number of carbonyl (C=O) groups excluding carboxylic acids is 2. The lowest BCUT2D eigenvalue weighted by molar-refractivity contribution is 0.0942. The standard InChI is InChI=1S/C30H31FN4O3/c1-17-14-24(28(35-17)27-22(29(32)36)4-3-5-26(27)38-2)30(37)34-16-18-6-8-19(9-7-18)21-12-13-33-25-11-10-20(31)15-23(21)25/h3-5,10-15,18-19,35H,6-9,16H2,1-2H3,(H2,32,36)(H,34,37). The highest BCUT2D eigenvalue weighted by atomic mass is 19.1. The monoisotopic (exact) mass is 514 g/mol. The van der Waals surface area contributed by atoms with Gasteiger partial charge in [0.05, 0.1) is 35.0 Å². The zero-order valence-electron chi connectivity index (χ0n) is 21.5. The van der Waals surface area contributed by atoms with E-state index in [1.54, 1.807) is 42.6 Å². The number of hydrogen-bond donors (Lipinski definition) is 3. The number of primary amides is 1. The number of H-pyrrole nitrogens is 1. The summed E-state index contributed by atoms with van der Waals surface area (Å²) in [5.41, 5.74) is 10.1. The molecular formula is C30H31FN4O3. The van der Waals surface area contributed by atoms with Crippen LogP contribution in [0.5, 0.6) is 5.75 Å². The normalized spacial score (nSPS) is 17.3. The van der Waals surface area contributed by atoms with Gasteiger partial charge in [-0.3, -0.25) is 14.6 Å². The van der Waals surface area contributed by atoms with Crippen LogP contribution in [0.2, 0.25) is 0 Å². The lowest BCUT2D eigenvalue weighted by atomic mass is 9.78. The van der Waals surface area contributed by atoms with Gasteiger partial charge in [0.2, 0.25) is 5.91 Å². The Morgan fingerprint density at radius 1 is 1.11 bits per heavy atom. The number of halogens is 1. The molecule has 4 aromatic rings. The third-order valence-electron chi connectivity index (χ3n) is 7.53. The van der Waals surface area contributed by atoms with Gasteiger partial charge in [-0.15, -0.1) is 0 Å². The first kappa shape index (κ1) is 25.4. The average molecular weight is 515 g/mol. The number of hydrogen-bond acceptors (Lipinski definition) is 4. The van der Waals surface area contributed by atoms with Crippen molar-refractivity contribution in [3.05, 3.63) is 82.9 Å². The van der Waals surface area contributed by atoms with E-state index < -0.39 is 5.91 Å². The van der Waals surface area contributed by atoms with Crippen LogP contribution < -0.4 is 15.8 Å². The molecule has 0 radical (unpaired) electrons. The Balaban J connectivity index is 1.28. The molecule has 2 aromatic heterocycles. The van der Waals surface area contributed by atoms with Crippen LogP contribution in [0.3, 0.4) is 0 Å². The molecule has 0 aliphatic heterocycles. The number of ether oxygens (including phenoxy) is 1. The number of nitrogens with zero attached hydrogens (tertiary/aromatic N) is 1. The summed E-state index contributed by atoms with van der Waals surface area (Å²) in [5.74, 6) is 0.0712. The molecule has 0 saturated heterocycles. The Morgan fingerprint density at radius 2 is 1.89 bits per heavy atom. The quantitative estimate of drug-likeness (QED) is 0.303. The number of rotatable bonds is 7. The minimum atomic E-state index is -0.598. The van der Waals surface area contributed by atoms with Crippen molar-refractivity contribution < 1.29 is 18.7 Å². The molecule has 196 valence electrons. The molecule has 4 N–H and O–H groups in total. The number of nitrogens with two attached hydrogens (primary N) is 1. The van der Waals surface area contributed by atoms with Crippen molar-refractivity contribution in [2.45, 2.75) is 38.5 Å². The van der Waals surface area contributed by atoms with E-state index in [-0.39, 0.29) is 17.3 Å². The van der Waals surface area contributed by atoms with Crippen LogP contribution in [0.25, 0.3) is 22.2 Å². The molecule has 1 fully saturated rings. The maximum absolute atomic E-state index is 13.9. The lowest BCUT2D eigenvalue weighted by Crippen LogP contribution is -2.31. The third kappa shape index (κ3) is 4.98. The SMILES string of the molecule is COc1cccc(C(N)=O)c1-c1[nH]c(C)cc1C(=O)NCC1CCC(c2ccnc3ccc(F)cc23)CC1. The number of aromatic amines is 1. The van der Waals surface area contributed by atoms with Gasteiger partial charge < -0.3 is 20.8 Å². The molecule has 0 atom stereocenters. The van der Waals surface area contributed by atoms with E-state index in [4.69, 9.17) is 10.5 Å². The second-order valence-corrected chi connectivity index (χ2v) is 9.98. The maximum Gasteiger partial charge on any atom is 0.253 e. The molecule has 7 nitrogen and oxygen atoms in total. The molecule has 0 bridgehead atoms. The molecule has 38 heavy (non-hydrogen) atoms. The first-order valence-electron chi connectivity index (χ1n) is 12.8. The van der Waals surface area contributed by atoms with Crippen LogP contribution in [-0.2, 0) is 0 Å². The summed E-state index contributed by atoms with van der Waals surface area (Å²) in [6.45, 7) is 2.41. The van der Waals surface area contributed by atoms with Crippen molar-refractivity contribution in [2.75, 3.05) is 13.7 Å². The van der Waals surface area contributed by atoms with Gasteiger partial charge in [-0.1, -0.05) is 6.07 Å². The highest BCUT2D eigenvalue weighted by Crippen LogP contribution is 2.39. The predicted octanol–water partition coefficient (Wildman–Crippen LogP) is 5.49. The second-order valence-electron chi connectivity index (χ2n) is 9.98. The minimum Gasteiger partial charge on any atom is -0.496 e. The number of nitrogens with one attached hydrogen (secondary N) is 2. The number of benzene rings is 2. The summed E-state index contributed by atoms with van der Waals surface area (Å²) in [7, 11) is 1.51. The van der Waals surface area contributed by atoms with Crippen molar-refractivity contribution in [1.82, 2.24) is 15.3 Å². The summed E-state index contributed by atoms with van der Waals surface area (Å²) >= 11 is 0. The van der Waals surface area contributed by atoms with Crippen LogP contribution in [0.4, 0.5) is 4.39 Å². The molecule has 1 aliphatic carbocycles. The third-order valence-corrected chi connectivity index (χ3v) is 7.53. The summed E-state index contributed by atoms with van der Waals surface area (Å²) < 4.78 is 19.4. The average Bonchev–Trinajstić information content (AvgIpc) is 3.32. The molecule has 2 aromatic carbocycles. The van der Waals surface area contributed by atoms with Crippen molar-refractivity contribution >= 4 is 22.7 Å². The second kappa shape index (κ2) is 10.7. The van der Waals surface area contributed by atoms with Gasteiger partial charge >= 0.3 is 0 Å². The Kier molecular flexibility index (Phi) is 7.13. The van der Waals surface area contributed by atoms with E-state index in [2.05, 4.69) is 15.3 Å². The molecule has 2 heterocycles. The van der Waals surface area contributed by atoms with E-state index in [0.717, 1.165) is 47.8 Å². The Morgan fingerprint density at radius 3 is 2.63 bits per heavy atom. The fourth-order valence-corrected chi connectivity index (χ4v) is 5.64. The highest BCUT2D eigenvalue weighted by Gasteiger charge is 2.26. The zero-order valence-corrected chi connectivity index (χ0v) is 21.5. The van der Waals surface area contributed by atoms with E-state index in [1.165, 1.54) is 13.2 Å². The van der Waals surface area contributed by atoms with Crippen LogP contribution in [0.15, 0.2) is 54.7 Å². The highest BCUT2D eigenvalue weighted by molar-refractivity contribution is 6.06. The van der Waals surface area contributed by atoms with Crippen LogP contribution >= 0.6 is 0 Å². The first-order valence-corrected chi connectivity index (χ1v) is 12.8. The van der Waals surface area contributed by atoms with Gasteiger partial charge in [-0.2, -0.15) is 0 Å². The number of aryl methyl sites for hydroxylation is 1. The number of amides is 2. The van der Waals surface area contributed by atoms with Crippen LogP contribution in [0, 0.1) is 18.7 Å². The molecule has 1 saturated carbocycles. The molecule has 2 amide bonds. The molecule has 5 rings (SSSR count). The predicted molar refractivity (Wildman–Crippen MR) is 145 cm³/mol. The van der Waals surface area contributed by atoms with Crippen LogP contribution in [-0.4, -0.2) is 35.4 Å². The van der Waals surface area contributed by atoms with Gasteiger partial charge in [0, 0.05) is 23.8 Å². The van der Waals surface area contributed by atoms with Gasteiger partial charge in [0.15, 0.2) is 0 Å². The van der Waals surface area contributed by atoms with Crippen molar-refractivity contribution in [3.63, 3.8) is 0 Å². The number of aromatic nitrogens is 2. The molecule has 1 aliphatic rings. The van der Waals surface area contributed by atoms with Crippen LogP contribution in [0.1, 0.15) is 63.6 Å². The largest absolute Gasteiger partial charge is 0.496 e. The minimum absolute atomic E-state index is 0.219.